The number of carboxylic acids is 1. The normalized spacial score (nSPS) is 22.2. The Hall–Kier alpha value is -1.40. The molecule has 1 saturated carbocycles. The summed E-state index contributed by atoms with van der Waals surface area (Å²) < 4.78 is 28.9. The van der Waals surface area contributed by atoms with Gasteiger partial charge in [0.15, 0.2) is 0 Å². The van der Waals surface area contributed by atoms with Gasteiger partial charge in [-0.3, -0.25) is 8.98 Å². The van der Waals surface area contributed by atoms with Crippen LogP contribution in [0.2, 0.25) is 0 Å². The Morgan fingerprint density at radius 3 is 2.40 bits per heavy atom. The van der Waals surface area contributed by atoms with Crippen LogP contribution in [0.25, 0.3) is 0 Å². The van der Waals surface area contributed by atoms with Crippen LogP contribution in [0.1, 0.15) is 24.8 Å². The van der Waals surface area contributed by atoms with E-state index < -0.39 is 16.1 Å². The Morgan fingerprint density at radius 1 is 1.25 bits per heavy atom. The third kappa shape index (κ3) is 3.80. The molecule has 0 aromatic heterocycles. The minimum absolute atomic E-state index is 0.131. The van der Waals surface area contributed by atoms with Crippen molar-refractivity contribution in [1.82, 2.24) is 0 Å². The second-order valence-corrected chi connectivity index (χ2v) is 6.97. The van der Waals surface area contributed by atoms with Gasteiger partial charge in [0.2, 0.25) is 0 Å². The van der Waals surface area contributed by atoms with E-state index in [9.17, 15) is 13.2 Å². The Kier molecular flexibility index (Phi) is 4.45. The number of hydrogen-bond donors (Lipinski definition) is 1. The molecule has 1 fully saturated rings. The fourth-order valence-electron chi connectivity index (χ4n) is 2.38. The fraction of sp³-hybridized carbons (Fsp3) is 0.500. The standard InChI is InChI=1S/C14H18O5S/c1-10-2-4-13(5-3-10)20(17,18)19-9-12-6-11(7-12)8-14(15)16/h2-5,11-12H,6-9H2,1H3,(H,15,16). The molecule has 20 heavy (non-hydrogen) atoms. The van der Waals surface area contributed by atoms with Gasteiger partial charge >= 0.3 is 5.97 Å². The van der Waals surface area contributed by atoms with Gasteiger partial charge in [-0.25, -0.2) is 0 Å². The molecule has 0 heterocycles. The van der Waals surface area contributed by atoms with Gasteiger partial charge in [-0.1, -0.05) is 17.7 Å². The van der Waals surface area contributed by atoms with Crippen molar-refractivity contribution in [3.8, 4) is 0 Å². The molecule has 0 atom stereocenters. The van der Waals surface area contributed by atoms with Crippen LogP contribution in [-0.4, -0.2) is 26.1 Å². The van der Waals surface area contributed by atoms with Gasteiger partial charge in [0.25, 0.3) is 10.1 Å². The van der Waals surface area contributed by atoms with Gasteiger partial charge in [0, 0.05) is 6.42 Å². The number of aryl methyl sites for hydroxylation is 1. The Bertz CT molecular complexity index is 570. The van der Waals surface area contributed by atoms with Crippen LogP contribution < -0.4 is 0 Å². The molecular weight excluding hydrogens is 280 g/mol. The van der Waals surface area contributed by atoms with Gasteiger partial charge in [-0.05, 0) is 43.7 Å². The molecule has 1 aliphatic carbocycles. The lowest BCUT2D eigenvalue weighted by Gasteiger charge is -2.33. The van der Waals surface area contributed by atoms with E-state index in [-0.39, 0.29) is 29.8 Å². The van der Waals surface area contributed by atoms with Crippen molar-refractivity contribution in [2.45, 2.75) is 31.1 Å². The van der Waals surface area contributed by atoms with Crippen LogP contribution in [0, 0.1) is 18.8 Å². The summed E-state index contributed by atoms with van der Waals surface area (Å²) in [6, 6.07) is 6.50. The molecule has 0 aliphatic heterocycles. The molecule has 0 spiro atoms. The molecule has 1 aromatic rings. The van der Waals surface area contributed by atoms with Crippen molar-refractivity contribution >= 4 is 16.1 Å². The second-order valence-electron chi connectivity index (χ2n) is 5.35. The highest BCUT2D eigenvalue weighted by atomic mass is 32.2. The number of carbonyl (C=O) groups is 1. The summed E-state index contributed by atoms with van der Waals surface area (Å²) in [7, 11) is -3.71. The first kappa shape index (κ1) is 15.0. The average Bonchev–Trinajstić information content (AvgIpc) is 2.32. The highest BCUT2D eigenvalue weighted by molar-refractivity contribution is 7.86. The van der Waals surface area contributed by atoms with Gasteiger partial charge < -0.3 is 5.11 Å². The van der Waals surface area contributed by atoms with Crippen LogP contribution in [0.4, 0.5) is 0 Å². The first-order valence-electron chi connectivity index (χ1n) is 6.54. The van der Waals surface area contributed by atoms with Crippen molar-refractivity contribution in [2.24, 2.45) is 11.8 Å². The Morgan fingerprint density at radius 2 is 1.85 bits per heavy atom. The molecule has 1 N–H and O–H groups in total. The van der Waals surface area contributed by atoms with Crippen LogP contribution in [-0.2, 0) is 19.1 Å². The molecule has 0 radical (unpaired) electrons. The summed E-state index contributed by atoms with van der Waals surface area (Å²) in [5.74, 6) is -0.510. The molecule has 1 aromatic carbocycles. The van der Waals surface area contributed by atoms with E-state index in [0.717, 1.165) is 18.4 Å². The Balaban J connectivity index is 1.82. The monoisotopic (exact) mass is 298 g/mol. The lowest BCUT2D eigenvalue weighted by atomic mass is 9.74. The van der Waals surface area contributed by atoms with E-state index >= 15 is 0 Å². The van der Waals surface area contributed by atoms with Gasteiger partial charge in [-0.15, -0.1) is 0 Å². The molecule has 0 amide bonds. The smallest absolute Gasteiger partial charge is 0.303 e. The first-order chi connectivity index (χ1) is 9.37. The van der Waals surface area contributed by atoms with Crippen molar-refractivity contribution in [2.75, 3.05) is 6.61 Å². The molecule has 5 nitrogen and oxygen atoms in total. The summed E-state index contributed by atoms with van der Waals surface area (Å²) in [6.07, 6.45) is 1.59. The van der Waals surface area contributed by atoms with Crippen LogP contribution >= 0.6 is 0 Å². The van der Waals surface area contributed by atoms with Crippen molar-refractivity contribution in [1.29, 1.82) is 0 Å². The highest BCUT2D eigenvalue weighted by Gasteiger charge is 2.32. The summed E-state index contributed by atoms with van der Waals surface area (Å²) in [5, 5.41) is 8.64. The molecule has 1 aliphatic rings. The zero-order valence-electron chi connectivity index (χ0n) is 11.3. The van der Waals surface area contributed by atoms with Crippen molar-refractivity contribution in [3.63, 3.8) is 0 Å². The van der Waals surface area contributed by atoms with Gasteiger partial charge in [0.05, 0.1) is 11.5 Å². The molecule has 6 heteroatoms. The molecule has 0 bridgehead atoms. The molecular formula is C14H18O5S. The minimum atomic E-state index is -3.71. The van der Waals surface area contributed by atoms with Crippen LogP contribution in [0.5, 0.6) is 0 Å². The highest BCUT2D eigenvalue weighted by Crippen LogP contribution is 2.36. The molecule has 2 rings (SSSR count). The second kappa shape index (κ2) is 5.93. The van der Waals surface area contributed by atoms with Crippen LogP contribution in [0.15, 0.2) is 29.2 Å². The van der Waals surface area contributed by atoms with E-state index in [1.807, 2.05) is 6.92 Å². The lowest BCUT2D eigenvalue weighted by Crippen LogP contribution is -2.30. The summed E-state index contributed by atoms with van der Waals surface area (Å²) in [5.41, 5.74) is 0.986. The summed E-state index contributed by atoms with van der Waals surface area (Å²) >= 11 is 0. The zero-order valence-corrected chi connectivity index (χ0v) is 12.1. The lowest BCUT2D eigenvalue weighted by molar-refractivity contribution is -0.139. The van der Waals surface area contributed by atoms with Crippen molar-refractivity contribution in [3.05, 3.63) is 29.8 Å². The predicted molar refractivity (Wildman–Crippen MR) is 72.8 cm³/mol. The van der Waals surface area contributed by atoms with Gasteiger partial charge in [0.1, 0.15) is 0 Å². The molecule has 0 unspecified atom stereocenters. The fourth-order valence-corrected chi connectivity index (χ4v) is 3.36. The van der Waals surface area contributed by atoms with E-state index in [1.54, 1.807) is 12.1 Å². The largest absolute Gasteiger partial charge is 0.481 e. The SMILES string of the molecule is Cc1ccc(S(=O)(=O)OCC2CC(CC(=O)O)C2)cc1. The quantitative estimate of drug-likeness (QED) is 0.814. The van der Waals surface area contributed by atoms with E-state index in [0.29, 0.717) is 0 Å². The maximum absolute atomic E-state index is 11.9. The first-order valence-corrected chi connectivity index (χ1v) is 7.95. The van der Waals surface area contributed by atoms with E-state index in [4.69, 9.17) is 9.29 Å². The number of rotatable bonds is 6. The maximum atomic E-state index is 11.9. The summed E-state index contributed by atoms with van der Waals surface area (Å²) in [4.78, 5) is 10.7. The number of hydrogen-bond acceptors (Lipinski definition) is 4. The predicted octanol–water partition coefficient (Wildman–Crippen LogP) is 2.20. The molecule has 0 saturated heterocycles. The summed E-state index contributed by atoms with van der Waals surface area (Å²) in [6.45, 7) is 2.01. The van der Waals surface area contributed by atoms with Gasteiger partial charge in [-0.2, -0.15) is 8.42 Å². The number of aliphatic carboxylic acids is 1. The number of benzene rings is 1. The molecule has 110 valence electrons. The topological polar surface area (TPSA) is 80.7 Å². The van der Waals surface area contributed by atoms with Crippen molar-refractivity contribution < 1.29 is 22.5 Å². The third-order valence-electron chi connectivity index (χ3n) is 3.57. The Labute approximate surface area is 118 Å². The zero-order chi connectivity index (χ0) is 14.8. The average molecular weight is 298 g/mol. The number of carboxylic acid groups (broad SMARTS) is 1. The van der Waals surface area contributed by atoms with E-state index in [1.165, 1.54) is 12.1 Å². The van der Waals surface area contributed by atoms with Crippen LogP contribution in [0.3, 0.4) is 0 Å². The minimum Gasteiger partial charge on any atom is -0.481 e. The maximum Gasteiger partial charge on any atom is 0.303 e. The third-order valence-corrected chi connectivity index (χ3v) is 4.86. The van der Waals surface area contributed by atoms with E-state index in [2.05, 4.69) is 0 Å².